The van der Waals surface area contributed by atoms with Crippen LogP contribution in [0.25, 0.3) is 0 Å². The molecule has 90 valence electrons. The molecule has 0 radical (unpaired) electrons. The summed E-state index contributed by atoms with van der Waals surface area (Å²) in [4.78, 5) is 2.40. The van der Waals surface area contributed by atoms with Crippen LogP contribution in [-0.2, 0) is 6.54 Å². The molecule has 0 aliphatic rings. The van der Waals surface area contributed by atoms with Gasteiger partial charge in [-0.25, -0.2) is 0 Å². The fraction of sp³-hybridized carbons (Fsp3) is 0.571. The van der Waals surface area contributed by atoms with E-state index in [1.54, 1.807) is 0 Å². The Hall–Kier alpha value is -0.860. The van der Waals surface area contributed by atoms with Crippen molar-refractivity contribution in [2.75, 3.05) is 20.3 Å². The van der Waals surface area contributed by atoms with Gasteiger partial charge in [0, 0.05) is 13.2 Å². The molecule has 2 nitrogen and oxygen atoms in total. The maximum atomic E-state index is 3.21. The molecule has 0 amide bonds. The van der Waals surface area contributed by atoms with Crippen molar-refractivity contribution in [2.45, 2.75) is 33.2 Å². The molecule has 0 aromatic heterocycles. The number of nitrogens with zero attached hydrogens (tertiary/aromatic N) is 1. The Morgan fingerprint density at radius 1 is 1.25 bits per heavy atom. The molecule has 0 bridgehead atoms. The highest BCUT2D eigenvalue weighted by molar-refractivity contribution is 5.29. The van der Waals surface area contributed by atoms with E-state index in [4.69, 9.17) is 0 Å². The van der Waals surface area contributed by atoms with Gasteiger partial charge in [-0.3, -0.25) is 4.90 Å². The van der Waals surface area contributed by atoms with Crippen LogP contribution in [0, 0.1) is 0 Å². The average Bonchev–Trinajstić information content (AvgIpc) is 2.29. The van der Waals surface area contributed by atoms with Crippen LogP contribution in [0.5, 0.6) is 0 Å². The molecule has 1 aromatic carbocycles. The SMILES string of the molecule is CCN(CNC)Cc1ccccc1C(C)C. The summed E-state index contributed by atoms with van der Waals surface area (Å²) in [6.07, 6.45) is 0. The topological polar surface area (TPSA) is 15.3 Å². The first-order chi connectivity index (χ1) is 7.69. The van der Waals surface area contributed by atoms with Gasteiger partial charge < -0.3 is 5.32 Å². The quantitative estimate of drug-likeness (QED) is 0.742. The lowest BCUT2D eigenvalue weighted by molar-refractivity contribution is 0.264. The molecule has 2 heteroatoms. The van der Waals surface area contributed by atoms with Gasteiger partial charge in [-0.2, -0.15) is 0 Å². The van der Waals surface area contributed by atoms with Crippen molar-refractivity contribution in [1.82, 2.24) is 10.2 Å². The Bertz CT molecular complexity index is 307. The summed E-state index contributed by atoms with van der Waals surface area (Å²) in [5.41, 5.74) is 2.92. The molecule has 0 fully saturated rings. The summed E-state index contributed by atoms with van der Waals surface area (Å²) in [7, 11) is 2.00. The summed E-state index contributed by atoms with van der Waals surface area (Å²) < 4.78 is 0. The second kappa shape index (κ2) is 6.66. The lowest BCUT2D eigenvalue weighted by Crippen LogP contribution is -2.31. The lowest BCUT2D eigenvalue weighted by Gasteiger charge is -2.22. The van der Waals surface area contributed by atoms with Gasteiger partial charge in [-0.1, -0.05) is 45.0 Å². The van der Waals surface area contributed by atoms with Gasteiger partial charge in [-0.05, 0) is 30.6 Å². The molecule has 1 N–H and O–H groups in total. The first-order valence-electron chi connectivity index (χ1n) is 6.13. The van der Waals surface area contributed by atoms with E-state index < -0.39 is 0 Å². The van der Waals surface area contributed by atoms with Crippen LogP contribution >= 0.6 is 0 Å². The standard InChI is InChI=1S/C14H24N2/c1-5-16(11-15-4)10-13-8-6-7-9-14(13)12(2)3/h6-9,12,15H,5,10-11H2,1-4H3. The largest absolute Gasteiger partial charge is 0.307 e. The van der Waals surface area contributed by atoms with Crippen molar-refractivity contribution in [3.05, 3.63) is 35.4 Å². The third kappa shape index (κ3) is 3.62. The number of benzene rings is 1. The van der Waals surface area contributed by atoms with Crippen molar-refractivity contribution in [3.8, 4) is 0 Å². The first-order valence-corrected chi connectivity index (χ1v) is 6.13. The van der Waals surface area contributed by atoms with Gasteiger partial charge in [0.1, 0.15) is 0 Å². The summed E-state index contributed by atoms with van der Waals surface area (Å²) >= 11 is 0. The lowest BCUT2D eigenvalue weighted by atomic mass is 9.97. The average molecular weight is 220 g/mol. The van der Waals surface area contributed by atoms with Crippen molar-refractivity contribution in [3.63, 3.8) is 0 Å². The summed E-state index contributed by atoms with van der Waals surface area (Å²) in [6.45, 7) is 9.78. The number of hydrogen-bond donors (Lipinski definition) is 1. The van der Waals surface area contributed by atoms with Crippen LogP contribution < -0.4 is 5.32 Å². The molecule has 0 unspecified atom stereocenters. The van der Waals surface area contributed by atoms with Gasteiger partial charge in [-0.15, -0.1) is 0 Å². The predicted molar refractivity (Wildman–Crippen MR) is 70.5 cm³/mol. The minimum absolute atomic E-state index is 0.601. The molecule has 0 saturated carbocycles. The van der Waals surface area contributed by atoms with E-state index in [0.717, 1.165) is 19.8 Å². The van der Waals surface area contributed by atoms with Gasteiger partial charge >= 0.3 is 0 Å². The minimum atomic E-state index is 0.601. The second-order valence-corrected chi connectivity index (χ2v) is 4.51. The highest BCUT2D eigenvalue weighted by Gasteiger charge is 2.08. The third-order valence-corrected chi connectivity index (χ3v) is 2.90. The Labute approximate surface area is 99.7 Å². The van der Waals surface area contributed by atoms with E-state index in [9.17, 15) is 0 Å². The van der Waals surface area contributed by atoms with E-state index in [1.807, 2.05) is 7.05 Å². The normalized spacial score (nSPS) is 11.4. The van der Waals surface area contributed by atoms with E-state index in [2.05, 4.69) is 55.3 Å². The maximum Gasteiger partial charge on any atom is 0.0481 e. The highest BCUT2D eigenvalue weighted by atomic mass is 15.2. The predicted octanol–water partition coefficient (Wildman–Crippen LogP) is 2.81. The molecule has 16 heavy (non-hydrogen) atoms. The van der Waals surface area contributed by atoms with Crippen LogP contribution in [0.3, 0.4) is 0 Å². The summed E-state index contributed by atoms with van der Waals surface area (Å²) in [5, 5.41) is 3.21. The van der Waals surface area contributed by atoms with Crippen LogP contribution in [-0.4, -0.2) is 25.2 Å². The van der Waals surface area contributed by atoms with Crippen molar-refractivity contribution >= 4 is 0 Å². The summed E-state index contributed by atoms with van der Waals surface area (Å²) in [6, 6.07) is 8.75. The van der Waals surface area contributed by atoms with Gasteiger partial charge in [0.2, 0.25) is 0 Å². The molecular weight excluding hydrogens is 196 g/mol. The highest BCUT2D eigenvalue weighted by Crippen LogP contribution is 2.20. The Morgan fingerprint density at radius 2 is 1.94 bits per heavy atom. The van der Waals surface area contributed by atoms with Crippen LogP contribution in [0.1, 0.15) is 37.8 Å². The van der Waals surface area contributed by atoms with E-state index >= 15 is 0 Å². The number of rotatable bonds is 6. The Morgan fingerprint density at radius 3 is 2.50 bits per heavy atom. The first kappa shape index (κ1) is 13.2. The van der Waals surface area contributed by atoms with Crippen molar-refractivity contribution in [2.24, 2.45) is 0 Å². The van der Waals surface area contributed by atoms with Gasteiger partial charge in [0.05, 0.1) is 0 Å². The van der Waals surface area contributed by atoms with Crippen molar-refractivity contribution in [1.29, 1.82) is 0 Å². The molecule has 0 spiro atoms. The maximum absolute atomic E-state index is 3.21. The van der Waals surface area contributed by atoms with Gasteiger partial charge in [0.15, 0.2) is 0 Å². The number of nitrogens with one attached hydrogen (secondary N) is 1. The van der Waals surface area contributed by atoms with Gasteiger partial charge in [0.25, 0.3) is 0 Å². The Kier molecular flexibility index (Phi) is 5.50. The fourth-order valence-corrected chi connectivity index (χ4v) is 1.99. The molecule has 1 aromatic rings. The molecule has 0 saturated heterocycles. The van der Waals surface area contributed by atoms with Crippen LogP contribution in [0.15, 0.2) is 24.3 Å². The number of hydrogen-bond acceptors (Lipinski definition) is 2. The molecule has 0 atom stereocenters. The molecule has 0 heterocycles. The molecule has 0 aliphatic heterocycles. The Balaban J connectivity index is 2.78. The van der Waals surface area contributed by atoms with E-state index in [-0.39, 0.29) is 0 Å². The molecule has 1 rings (SSSR count). The molecule has 0 aliphatic carbocycles. The second-order valence-electron chi connectivity index (χ2n) is 4.51. The van der Waals surface area contributed by atoms with Crippen molar-refractivity contribution < 1.29 is 0 Å². The third-order valence-electron chi connectivity index (χ3n) is 2.90. The zero-order valence-electron chi connectivity index (χ0n) is 11.0. The van der Waals surface area contributed by atoms with Crippen LogP contribution in [0.2, 0.25) is 0 Å². The zero-order chi connectivity index (χ0) is 12.0. The minimum Gasteiger partial charge on any atom is -0.307 e. The fourth-order valence-electron chi connectivity index (χ4n) is 1.99. The summed E-state index contributed by atoms with van der Waals surface area (Å²) in [5.74, 6) is 0.601. The molecular formula is C14H24N2. The zero-order valence-corrected chi connectivity index (χ0v) is 11.0. The monoisotopic (exact) mass is 220 g/mol. The smallest absolute Gasteiger partial charge is 0.0481 e. The van der Waals surface area contributed by atoms with E-state index in [0.29, 0.717) is 5.92 Å². The van der Waals surface area contributed by atoms with E-state index in [1.165, 1.54) is 11.1 Å². The van der Waals surface area contributed by atoms with Crippen LogP contribution in [0.4, 0.5) is 0 Å².